The summed E-state index contributed by atoms with van der Waals surface area (Å²) in [6.07, 6.45) is 3.98. The Morgan fingerprint density at radius 3 is 2.80 bits per heavy atom. The third-order valence-corrected chi connectivity index (χ3v) is 3.41. The number of rotatable bonds is 3. The Kier molecular flexibility index (Phi) is 3.74. The minimum atomic E-state index is 0.746. The van der Waals surface area contributed by atoms with E-state index in [1.165, 1.54) is 6.08 Å². The first kappa shape index (κ1) is 12.8. The number of carbonyl (C=O) groups excluding carboxylic acids is 1. The lowest BCUT2D eigenvalue weighted by molar-refractivity contribution is -0.104. The second-order valence-corrected chi connectivity index (χ2v) is 4.68. The van der Waals surface area contributed by atoms with E-state index in [1.54, 1.807) is 6.08 Å². The first-order chi connectivity index (χ1) is 9.88. The lowest BCUT2D eigenvalue weighted by Crippen LogP contribution is -2.36. The zero-order valence-electron chi connectivity index (χ0n) is 11.2. The molecule has 1 aromatic heterocycles. The number of carbonyl (C=O) groups is 1. The van der Waals surface area contributed by atoms with Crippen molar-refractivity contribution in [1.82, 2.24) is 4.98 Å². The molecule has 0 unspecified atom stereocenters. The van der Waals surface area contributed by atoms with E-state index < -0.39 is 0 Å². The van der Waals surface area contributed by atoms with E-state index in [9.17, 15) is 4.79 Å². The van der Waals surface area contributed by atoms with E-state index in [1.807, 2.05) is 24.3 Å². The molecule has 20 heavy (non-hydrogen) atoms. The highest BCUT2D eigenvalue weighted by atomic mass is 16.5. The fourth-order valence-corrected chi connectivity index (χ4v) is 2.47. The van der Waals surface area contributed by atoms with Gasteiger partial charge in [0.2, 0.25) is 0 Å². The number of hydrogen-bond donors (Lipinski definition) is 0. The van der Waals surface area contributed by atoms with E-state index in [0.29, 0.717) is 0 Å². The van der Waals surface area contributed by atoms with Gasteiger partial charge < -0.3 is 9.64 Å². The highest BCUT2D eigenvalue weighted by Gasteiger charge is 2.14. The fraction of sp³-hybridized carbons (Fsp3) is 0.250. The molecule has 4 heteroatoms. The molecule has 0 aliphatic carbocycles. The van der Waals surface area contributed by atoms with Gasteiger partial charge in [0.25, 0.3) is 0 Å². The van der Waals surface area contributed by atoms with Gasteiger partial charge in [-0.2, -0.15) is 0 Å². The Labute approximate surface area is 117 Å². The van der Waals surface area contributed by atoms with Crippen LogP contribution in [0.2, 0.25) is 0 Å². The third-order valence-electron chi connectivity index (χ3n) is 3.41. The van der Waals surface area contributed by atoms with Crippen molar-refractivity contribution < 1.29 is 9.53 Å². The Morgan fingerprint density at radius 2 is 2.00 bits per heavy atom. The molecule has 1 aliphatic heterocycles. The number of fused-ring (bicyclic) bond motifs is 1. The summed E-state index contributed by atoms with van der Waals surface area (Å²) in [5.74, 6) is 0. The number of aromatic nitrogens is 1. The summed E-state index contributed by atoms with van der Waals surface area (Å²) in [6.45, 7) is 3.25. The van der Waals surface area contributed by atoms with Crippen LogP contribution in [0.4, 0.5) is 5.69 Å². The first-order valence-electron chi connectivity index (χ1n) is 6.73. The van der Waals surface area contributed by atoms with Crippen LogP contribution in [0, 0.1) is 0 Å². The van der Waals surface area contributed by atoms with Crippen LogP contribution in [0.1, 0.15) is 5.69 Å². The predicted octanol–water partition coefficient (Wildman–Crippen LogP) is 2.28. The van der Waals surface area contributed by atoms with Crippen molar-refractivity contribution in [2.75, 3.05) is 31.2 Å². The number of pyridine rings is 1. The molecule has 0 N–H and O–H groups in total. The minimum absolute atomic E-state index is 0.746. The quantitative estimate of drug-likeness (QED) is 0.632. The molecule has 0 amide bonds. The molecular formula is C16H16N2O2. The number of hydrogen-bond acceptors (Lipinski definition) is 4. The van der Waals surface area contributed by atoms with Gasteiger partial charge in [-0.25, -0.2) is 4.98 Å². The van der Waals surface area contributed by atoms with E-state index in [0.717, 1.165) is 54.9 Å². The normalized spacial score (nSPS) is 15.9. The Hall–Kier alpha value is -2.20. The average molecular weight is 268 g/mol. The second kappa shape index (κ2) is 5.84. The summed E-state index contributed by atoms with van der Waals surface area (Å²) in [6, 6.07) is 10.1. The zero-order chi connectivity index (χ0) is 13.8. The molecule has 2 aromatic rings. The topological polar surface area (TPSA) is 42.4 Å². The van der Waals surface area contributed by atoms with Gasteiger partial charge in [0.15, 0.2) is 0 Å². The Bertz CT molecular complexity index is 646. The molecule has 2 heterocycles. The molecule has 1 saturated heterocycles. The second-order valence-electron chi connectivity index (χ2n) is 4.68. The molecular weight excluding hydrogens is 252 g/mol. The zero-order valence-corrected chi connectivity index (χ0v) is 11.2. The van der Waals surface area contributed by atoms with Crippen LogP contribution in [-0.2, 0) is 9.53 Å². The predicted molar refractivity (Wildman–Crippen MR) is 79.9 cm³/mol. The number of nitrogens with zero attached hydrogens (tertiary/aromatic N) is 2. The van der Waals surface area contributed by atoms with Crippen LogP contribution in [0.25, 0.3) is 17.0 Å². The van der Waals surface area contributed by atoms with Crippen molar-refractivity contribution in [3.8, 4) is 0 Å². The molecule has 0 atom stereocenters. The van der Waals surface area contributed by atoms with Gasteiger partial charge in [0.05, 0.1) is 24.4 Å². The van der Waals surface area contributed by atoms with Crippen LogP contribution in [0.15, 0.2) is 36.4 Å². The number of para-hydroxylation sites is 1. The standard InChI is InChI=1S/C16H16N2O2/c19-9-3-4-13-12-16(18-7-10-20-11-8-18)14-5-1-2-6-15(14)17-13/h1-6,9,12H,7-8,10-11H2. The van der Waals surface area contributed by atoms with Gasteiger partial charge in [-0.05, 0) is 24.3 Å². The van der Waals surface area contributed by atoms with Crippen molar-refractivity contribution in [2.45, 2.75) is 0 Å². The Balaban J connectivity index is 2.11. The lowest BCUT2D eigenvalue weighted by Gasteiger charge is -2.30. The number of morpholine rings is 1. The summed E-state index contributed by atoms with van der Waals surface area (Å²) in [5, 5.41) is 1.14. The molecule has 0 spiro atoms. The molecule has 0 saturated carbocycles. The fourth-order valence-electron chi connectivity index (χ4n) is 2.47. The van der Waals surface area contributed by atoms with E-state index in [4.69, 9.17) is 4.74 Å². The first-order valence-corrected chi connectivity index (χ1v) is 6.73. The van der Waals surface area contributed by atoms with Gasteiger partial charge in [0, 0.05) is 24.2 Å². The maximum atomic E-state index is 10.5. The molecule has 3 rings (SSSR count). The summed E-state index contributed by atoms with van der Waals surface area (Å²) >= 11 is 0. The summed E-state index contributed by atoms with van der Waals surface area (Å²) in [5.41, 5.74) is 2.91. The highest BCUT2D eigenvalue weighted by Crippen LogP contribution is 2.27. The summed E-state index contributed by atoms with van der Waals surface area (Å²) < 4.78 is 5.41. The summed E-state index contributed by atoms with van der Waals surface area (Å²) in [7, 11) is 0. The summed E-state index contributed by atoms with van der Waals surface area (Å²) in [4.78, 5) is 17.4. The molecule has 1 fully saturated rings. The minimum Gasteiger partial charge on any atom is -0.378 e. The van der Waals surface area contributed by atoms with Crippen molar-refractivity contribution in [3.63, 3.8) is 0 Å². The molecule has 1 aromatic carbocycles. The molecule has 4 nitrogen and oxygen atoms in total. The lowest BCUT2D eigenvalue weighted by atomic mass is 10.1. The molecule has 0 radical (unpaired) electrons. The monoisotopic (exact) mass is 268 g/mol. The van der Waals surface area contributed by atoms with Crippen molar-refractivity contribution in [1.29, 1.82) is 0 Å². The smallest absolute Gasteiger partial charge is 0.142 e. The Morgan fingerprint density at radius 1 is 1.20 bits per heavy atom. The van der Waals surface area contributed by atoms with E-state index in [-0.39, 0.29) is 0 Å². The van der Waals surface area contributed by atoms with Crippen LogP contribution in [-0.4, -0.2) is 37.6 Å². The molecule has 102 valence electrons. The van der Waals surface area contributed by atoms with Crippen LogP contribution >= 0.6 is 0 Å². The van der Waals surface area contributed by atoms with E-state index >= 15 is 0 Å². The van der Waals surface area contributed by atoms with Crippen LogP contribution < -0.4 is 4.90 Å². The number of ether oxygens (including phenoxy) is 1. The number of allylic oxidation sites excluding steroid dienone is 1. The van der Waals surface area contributed by atoms with Crippen molar-refractivity contribution >= 4 is 29.0 Å². The van der Waals surface area contributed by atoms with Gasteiger partial charge >= 0.3 is 0 Å². The maximum Gasteiger partial charge on any atom is 0.142 e. The SMILES string of the molecule is O=CC=Cc1cc(N2CCOCC2)c2ccccc2n1. The van der Waals surface area contributed by atoms with E-state index in [2.05, 4.69) is 16.0 Å². The van der Waals surface area contributed by atoms with Gasteiger partial charge in [-0.1, -0.05) is 18.2 Å². The van der Waals surface area contributed by atoms with Crippen molar-refractivity contribution in [3.05, 3.63) is 42.1 Å². The van der Waals surface area contributed by atoms with Gasteiger partial charge in [0.1, 0.15) is 6.29 Å². The van der Waals surface area contributed by atoms with Crippen LogP contribution in [0.3, 0.4) is 0 Å². The van der Waals surface area contributed by atoms with Gasteiger partial charge in [-0.3, -0.25) is 4.79 Å². The van der Waals surface area contributed by atoms with Crippen LogP contribution in [0.5, 0.6) is 0 Å². The van der Waals surface area contributed by atoms with Gasteiger partial charge in [-0.15, -0.1) is 0 Å². The maximum absolute atomic E-state index is 10.5. The molecule has 1 aliphatic rings. The number of aldehydes is 1. The largest absolute Gasteiger partial charge is 0.378 e. The number of anilines is 1. The highest BCUT2D eigenvalue weighted by molar-refractivity contribution is 5.93. The van der Waals surface area contributed by atoms with Crippen molar-refractivity contribution in [2.24, 2.45) is 0 Å². The average Bonchev–Trinajstić information content (AvgIpc) is 2.53. The third kappa shape index (κ3) is 2.56. The molecule has 0 bridgehead atoms. The number of benzene rings is 1.